The van der Waals surface area contributed by atoms with Crippen LogP contribution in [0.1, 0.15) is 25.8 Å². The van der Waals surface area contributed by atoms with Crippen molar-refractivity contribution in [3.05, 3.63) is 29.8 Å². The van der Waals surface area contributed by atoms with E-state index in [2.05, 4.69) is 0 Å². The molecule has 0 aliphatic carbocycles. The van der Waals surface area contributed by atoms with Gasteiger partial charge in [-0.3, -0.25) is 9.69 Å². The van der Waals surface area contributed by atoms with Crippen molar-refractivity contribution >= 4 is 11.6 Å². The maximum Gasteiger partial charge on any atom is 0.234 e. The number of nitrogens with two attached hydrogens (primary N) is 2. The van der Waals surface area contributed by atoms with Gasteiger partial charge in [-0.1, -0.05) is 32.0 Å². The summed E-state index contributed by atoms with van der Waals surface area (Å²) in [7, 11) is 0. The molecule has 0 fully saturated rings. The quantitative estimate of drug-likeness (QED) is 0.731. The molecule has 0 heterocycles. The first kappa shape index (κ1) is 13.5. The molecule has 0 aliphatic rings. The Balaban J connectivity index is 2.83. The van der Waals surface area contributed by atoms with Crippen molar-refractivity contribution in [1.29, 1.82) is 0 Å². The highest BCUT2D eigenvalue weighted by Gasteiger charge is 2.21. The molecule has 0 saturated heterocycles. The molecule has 0 aromatic heterocycles. The fourth-order valence-electron chi connectivity index (χ4n) is 1.98. The molecule has 0 spiro atoms. The van der Waals surface area contributed by atoms with Crippen LogP contribution in [0.4, 0.5) is 5.69 Å². The zero-order valence-electron chi connectivity index (χ0n) is 10.5. The van der Waals surface area contributed by atoms with E-state index in [0.29, 0.717) is 6.54 Å². The lowest BCUT2D eigenvalue weighted by Gasteiger charge is -2.27. The molecular weight excluding hydrogens is 214 g/mol. The number of benzene rings is 1. The van der Waals surface area contributed by atoms with Crippen molar-refractivity contribution in [3.8, 4) is 0 Å². The predicted molar refractivity (Wildman–Crippen MR) is 70.2 cm³/mol. The van der Waals surface area contributed by atoms with Gasteiger partial charge >= 0.3 is 0 Å². The Bertz CT molecular complexity index is 379. The SMILES string of the molecule is CCC(C(N)=O)N(CC)Cc1ccccc1N. The van der Waals surface area contributed by atoms with Crippen molar-refractivity contribution in [3.63, 3.8) is 0 Å². The molecule has 1 rings (SSSR count). The highest BCUT2D eigenvalue weighted by atomic mass is 16.1. The zero-order valence-corrected chi connectivity index (χ0v) is 10.5. The van der Waals surface area contributed by atoms with E-state index < -0.39 is 0 Å². The molecule has 94 valence electrons. The van der Waals surface area contributed by atoms with E-state index in [1.54, 1.807) is 0 Å². The molecule has 1 atom stereocenters. The molecule has 1 aromatic carbocycles. The van der Waals surface area contributed by atoms with E-state index in [4.69, 9.17) is 11.5 Å². The normalized spacial score (nSPS) is 12.6. The molecule has 0 saturated carbocycles. The van der Waals surface area contributed by atoms with Crippen LogP contribution in [0.5, 0.6) is 0 Å². The van der Waals surface area contributed by atoms with Crippen molar-refractivity contribution in [1.82, 2.24) is 4.90 Å². The van der Waals surface area contributed by atoms with Gasteiger partial charge in [0, 0.05) is 12.2 Å². The number of rotatable bonds is 6. The number of hydrogen-bond acceptors (Lipinski definition) is 3. The van der Waals surface area contributed by atoms with Crippen LogP contribution in [0.25, 0.3) is 0 Å². The molecule has 0 aliphatic heterocycles. The second-order valence-electron chi connectivity index (χ2n) is 4.09. The van der Waals surface area contributed by atoms with Gasteiger partial charge in [-0.25, -0.2) is 0 Å². The Morgan fingerprint density at radius 1 is 1.35 bits per heavy atom. The highest BCUT2D eigenvalue weighted by molar-refractivity contribution is 5.79. The van der Waals surface area contributed by atoms with Crippen molar-refractivity contribution in [2.45, 2.75) is 32.9 Å². The standard InChI is InChI=1S/C13H21N3O/c1-3-12(13(15)17)16(4-2)9-10-7-5-6-8-11(10)14/h5-8,12H,3-4,9,14H2,1-2H3,(H2,15,17). The fraction of sp³-hybridized carbons (Fsp3) is 0.462. The minimum Gasteiger partial charge on any atom is -0.398 e. The molecule has 4 N–H and O–H groups in total. The van der Waals surface area contributed by atoms with Gasteiger partial charge in [0.2, 0.25) is 5.91 Å². The second kappa shape index (κ2) is 6.25. The smallest absolute Gasteiger partial charge is 0.234 e. The van der Waals surface area contributed by atoms with E-state index in [-0.39, 0.29) is 11.9 Å². The van der Waals surface area contributed by atoms with E-state index in [0.717, 1.165) is 24.2 Å². The fourth-order valence-corrected chi connectivity index (χ4v) is 1.98. The topological polar surface area (TPSA) is 72.4 Å². The van der Waals surface area contributed by atoms with Crippen LogP contribution in [-0.4, -0.2) is 23.4 Å². The number of primary amides is 1. The highest BCUT2D eigenvalue weighted by Crippen LogP contribution is 2.16. The Kier molecular flexibility index (Phi) is 4.97. The molecule has 1 amide bonds. The summed E-state index contributed by atoms with van der Waals surface area (Å²) in [6.45, 7) is 5.41. The van der Waals surface area contributed by atoms with Gasteiger partial charge in [-0.05, 0) is 24.6 Å². The first-order valence-electron chi connectivity index (χ1n) is 5.96. The average Bonchev–Trinajstić information content (AvgIpc) is 2.30. The summed E-state index contributed by atoms with van der Waals surface area (Å²) in [4.78, 5) is 13.4. The van der Waals surface area contributed by atoms with E-state index in [1.807, 2.05) is 43.0 Å². The molecule has 1 unspecified atom stereocenters. The number of likely N-dealkylation sites (N-methyl/N-ethyl adjacent to an activating group) is 1. The first-order valence-corrected chi connectivity index (χ1v) is 5.96. The number of hydrogen-bond donors (Lipinski definition) is 2. The van der Waals surface area contributed by atoms with Crippen LogP contribution in [0.2, 0.25) is 0 Å². The van der Waals surface area contributed by atoms with E-state index >= 15 is 0 Å². The van der Waals surface area contributed by atoms with E-state index in [9.17, 15) is 4.79 Å². The summed E-state index contributed by atoms with van der Waals surface area (Å²) in [5.41, 5.74) is 13.1. The molecule has 0 bridgehead atoms. The number of para-hydroxylation sites is 1. The van der Waals surface area contributed by atoms with Crippen LogP contribution < -0.4 is 11.5 Å². The summed E-state index contributed by atoms with van der Waals surface area (Å²) in [5, 5.41) is 0. The predicted octanol–water partition coefficient (Wildman–Crippen LogP) is 1.35. The molecule has 0 radical (unpaired) electrons. The van der Waals surface area contributed by atoms with Crippen LogP contribution in [0, 0.1) is 0 Å². The zero-order chi connectivity index (χ0) is 12.8. The summed E-state index contributed by atoms with van der Waals surface area (Å²) >= 11 is 0. The number of carbonyl (C=O) groups excluding carboxylic acids is 1. The Labute approximate surface area is 103 Å². The largest absolute Gasteiger partial charge is 0.398 e. The lowest BCUT2D eigenvalue weighted by Crippen LogP contribution is -2.43. The summed E-state index contributed by atoms with van der Waals surface area (Å²) in [6.07, 6.45) is 0.718. The second-order valence-corrected chi connectivity index (χ2v) is 4.09. The van der Waals surface area contributed by atoms with E-state index in [1.165, 1.54) is 0 Å². The summed E-state index contributed by atoms with van der Waals surface area (Å²) < 4.78 is 0. The maximum absolute atomic E-state index is 11.4. The number of carbonyl (C=O) groups is 1. The molecule has 4 nitrogen and oxygen atoms in total. The van der Waals surface area contributed by atoms with Crippen LogP contribution in [0.15, 0.2) is 24.3 Å². The molecular formula is C13H21N3O. The summed E-state index contributed by atoms with van der Waals surface area (Å²) in [6, 6.07) is 7.48. The Morgan fingerprint density at radius 2 is 2.00 bits per heavy atom. The molecule has 4 heteroatoms. The number of amides is 1. The van der Waals surface area contributed by atoms with Crippen LogP contribution >= 0.6 is 0 Å². The van der Waals surface area contributed by atoms with Crippen molar-refractivity contribution in [2.75, 3.05) is 12.3 Å². The van der Waals surface area contributed by atoms with Crippen molar-refractivity contribution < 1.29 is 4.79 Å². The minimum atomic E-state index is -0.274. The lowest BCUT2D eigenvalue weighted by atomic mass is 10.1. The average molecular weight is 235 g/mol. The summed E-state index contributed by atoms with van der Waals surface area (Å²) in [5.74, 6) is -0.274. The van der Waals surface area contributed by atoms with Gasteiger partial charge in [0.15, 0.2) is 0 Å². The number of anilines is 1. The third kappa shape index (κ3) is 3.46. The number of nitrogens with zero attached hydrogens (tertiary/aromatic N) is 1. The molecule has 17 heavy (non-hydrogen) atoms. The maximum atomic E-state index is 11.4. The van der Waals surface area contributed by atoms with Gasteiger partial charge in [0.1, 0.15) is 0 Å². The van der Waals surface area contributed by atoms with Crippen LogP contribution in [-0.2, 0) is 11.3 Å². The third-order valence-corrected chi connectivity index (χ3v) is 2.99. The number of nitrogen functional groups attached to an aromatic ring is 1. The lowest BCUT2D eigenvalue weighted by molar-refractivity contribution is -0.123. The van der Waals surface area contributed by atoms with Crippen molar-refractivity contribution in [2.24, 2.45) is 5.73 Å². The van der Waals surface area contributed by atoms with Crippen LogP contribution in [0.3, 0.4) is 0 Å². The minimum absolute atomic E-state index is 0.223. The third-order valence-electron chi connectivity index (χ3n) is 2.99. The van der Waals surface area contributed by atoms with Gasteiger partial charge in [0.25, 0.3) is 0 Å². The van der Waals surface area contributed by atoms with Gasteiger partial charge in [-0.2, -0.15) is 0 Å². The Hall–Kier alpha value is -1.55. The Morgan fingerprint density at radius 3 is 2.47 bits per heavy atom. The monoisotopic (exact) mass is 235 g/mol. The van der Waals surface area contributed by atoms with Gasteiger partial charge in [-0.15, -0.1) is 0 Å². The first-order chi connectivity index (χ1) is 8.10. The van der Waals surface area contributed by atoms with Gasteiger partial charge < -0.3 is 11.5 Å². The van der Waals surface area contributed by atoms with Gasteiger partial charge in [0.05, 0.1) is 6.04 Å². The molecule has 1 aromatic rings.